The Bertz CT molecular complexity index is 819. The first-order chi connectivity index (χ1) is 13.3. The van der Waals surface area contributed by atoms with Gasteiger partial charge in [-0.15, -0.1) is 0 Å². The van der Waals surface area contributed by atoms with Crippen molar-refractivity contribution >= 4 is 6.09 Å². The van der Waals surface area contributed by atoms with Gasteiger partial charge in [-0.3, -0.25) is 0 Å². The number of aromatic nitrogens is 2. The van der Waals surface area contributed by atoms with Crippen molar-refractivity contribution in [3.8, 4) is 23.0 Å². The van der Waals surface area contributed by atoms with Gasteiger partial charge in [0.15, 0.2) is 17.3 Å². The normalized spacial score (nSPS) is 15.4. The van der Waals surface area contributed by atoms with Gasteiger partial charge in [0.25, 0.3) is 5.89 Å². The highest BCUT2D eigenvalue weighted by atomic mass is 16.6. The highest BCUT2D eigenvalue weighted by Gasteiger charge is 2.29. The van der Waals surface area contributed by atoms with E-state index in [4.69, 9.17) is 18.7 Å². The molecule has 8 heteroatoms. The number of carbonyl (C=O) groups is 1. The second-order valence-corrected chi connectivity index (χ2v) is 7.77. The molecule has 0 spiro atoms. The van der Waals surface area contributed by atoms with E-state index < -0.39 is 5.60 Å². The van der Waals surface area contributed by atoms with Crippen molar-refractivity contribution in [3.05, 3.63) is 24.0 Å². The zero-order valence-electron chi connectivity index (χ0n) is 17.0. The summed E-state index contributed by atoms with van der Waals surface area (Å²) in [4.78, 5) is 18.5. The van der Waals surface area contributed by atoms with Crippen LogP contribution in [0.15, 0.2) is 22.7 Å². The van der Waals surface area contributed by atoms with Crippen LogP contribution in [-0.4, -0.2) is 54.0 Å². The number of carbonyl (C=O) groups excluding carboxylic acids is 1. The van der Waals surface area contributed by atoms with Crippen molar-refractivity contribution in [2.24, 2.45) is 0 Å². The second kappa shape index (κ2) is 8.08. The smallest absolute Gasteiger partial charge is 0.410 e. The quantitative estimate of drug-likeness (QED) is 0.784. The highest BCUT2D eigenvalue weighted by molar-refractivity contribution is 5.68. The van der Waals surface area contributed by atoms with E-state index in [2.05, 4.69) is 10.1 Å². The van der Waals surface area contributed by atoms with E-state index in [1.165, 1.54) is 0 Å². The van der Waals surface area contributed by atoms with Crippen molar-refractivity contribution in [1.82, 2.24) is 15.0 Å². The Morgan fingerprint density at radius 3 is 2.43 bits per heavy atom. The van der Waals surface area contributed by atoms with Gasteiger partial charge in [0, 0.05) is 24.6 Å². The maximum Gasteiger partial charge on any atom is 0.410 e. The number of rotatable bonds is 4. The first kappa shape index (κ1) is 20.0. The maximum atomic E-state index is 12.2. The van der Waals surface area contributed by atoms with Gasteiger partial charge >= 0.3 is 6.09 Å². The molecule has 0 unspecified atom stereocenters. The molecule has 1 aliphatic rings. The molecule has 2 aromatic rings. The molecule has 0 N–H and O–H groups in total. The predicted molar refractivity (Wildman–Crippen MR) is 103 cm³/mol. The number of methoxy groups -OCH3 is 2. The Labute approximate surface area is 164 Å². The summed E-state index contributed by atoms with van der Waals surface area (Å²) in [6.07, 6.45) is 1.26. The SMILES string of the molecule is COc1ccc(-c2nc(C3CCN(C(=O)OC(C)(C)C)CC3)no2)cc1OC. The average Bonchev–Trinajstić information content (AvgIpc) is 3.16. The molecule has 8 nitrogen and oxygen atoms in total. The molecule has 1 aromatic carbocycles. The topological polar surface area (TPSA) is 86.9 Å². The van der Waals surface area contributed by atoms with Gasteiger partial charge in [0.2, 0.25) is 0 Å². The maximum absolute atomic E-state index is 12.2. The molecule has 3 rings (SSSR count). The van der Waals surface area contributed by atoms with Gasteiger partial charge in [-0.05, 0) is 51.8 Å². The molecular formula is C20H27N3O5. The van der Waals surface area contributed by atoms with Crippen molar-refractivity contribution in [2.75, 3.05) is 27.3 Å². The second-order valence-electron chi connectivity index (χ2n) is 7.77. The van der Waals surface area contributed by atoms with Crippen LogP contribution in [0, 0.1) is 0 Å². The summed E-state index contributed by atoms with van der Waals surface area (Å²) in [7, 11) is 3.17. The van der Waals surface area contributed by atoms with Crippen molar-refractivity contribution in [3.63, 3.8) is 0 Å². The van der Waals surface area contributed by atoms with E-state index in [9.17, 15) is 4.79 Å². The fourth-order valence-corrected chi connectivity index (χ4v) is 3.13. The lowest BCUT2D eigenvalue weighted by Crippen LogP contribution is -2.41. The zero-order valence-corrected chi connectivity index (χ0v) is 17.0. The molecule has 152 valence electrons. The number of hydrogen-bond acceptors (Lipinski definition) is 7. The standard InChI is InChI=1S/C20H27N3O5/c1-20(2,3)27-19(24)23-10-8-13(9-11-23)17-21-18(28-22-17)14-6-7-15(25-4)16(12-14)26-5/h6-7,12-13H,8-11H2,1-5H3. The van der Waals surface area contributed by atoms with Gasteiger partial charge < -0.3 is 23.6 Å². The summed E-state index contributed by atoms with van der Waals surface area (Å²) in [5, 5.41) is 4.15. The van der Waals surface area contributed by atoms with Crippen molar-refractivity contribution < 1.29 is 23.5 Å². The number of benzene rings is 1. The van der Waals surface area contributed by atoms with Gasteiger partial charge in [0.05, 0.1) is 14.2 Å². The molecule has 1 amide bonds. The van der Waals surface area contributed by atoms with Crippen molar-refractivity contribution in [2.45, 2.75) is 45.1 Å². The minimum Gasteiger partial charge on any atom is -0.493 e. The Balaban J connectivity index is 1.65. The summed E-state index contributed by atoms with van der Waals surface area (Å²) in [6.45, 7) is 6.82. The van der Waals surface area contributed by atoms with E-state index in [0.29, 0.717) is 36.3 Å². The van der Waals surface area contributed by atoms with E-state index in [1.807, 2.05) is 26.8 Å². The molecule has 0 saturated carbocycles. The molecule has 1 aromatic heterocycles. The van der Waals surface area contributed by atoms with Crippen LogP contribution in [0.2, 0.25) is 0 Å². The van der Waals surface area contributed by atoms with Gasteiger partial charge in [-0.1, -0.05) is 5.16 Å². The van der Waals surface area contributed by atoms with Crippen LogP contribution in [0.1, 0.15) is 45.4 Å². The van der Waals surface area contributed by atoms with Crippen LogP contribution in [0.4, 0.5) is 4.79 Å². The van der Waals surface area contributed by atoms with E-state index >= 15 is 0 Å². The van der Waals surface area contributed by atoms with E-state index in [0.717, 1.165) is 18.4 Å². The molecule has 0 bridgehead atoms. The fourth-order valence-electron chi connectivity index (χ4n) is 3.13. The van der Waals surface area contributed by atoms with Crippen LogP contribution in [0.25, 0.3) is 11.5 Å². The summed E-state index contributed by atoms with van der Waals surface area (Å²) in [5.41, 5.74) is 0.276. The number of nitrogens with zero attached hydrogens (tertiary/aromatic N) is 3. The van der Waals surface area contributed by atoms with E-state index in [-0.39, 0.29) is 12.0 Å². The largest absolute Gasteiger partial charge is 0.493 e. The van der Waals surface area contributed by atoms with Crippen LogP contribution < -0.4 is 9.47 Å². The molecule has 28 heavy (non-hydrogen) atoms. The Morgan fingerprint density at radius 1 is 1.14 bits per heavy atom. The molecule has 2 heterocycles. The van der Waals surface area contributed by atoms with Gasteiger partial charge in [-0.2, -0.15) is 4.98 Å². The van der Waals surface area contributed by atoms with Gasteiger partial charge in [-0.25, -0.2) is 4.79 Å². The lowest BCUT2D eigenvalue weighted by atomic mass is 9.96. The lowest BCUT2D eigenvalue weighted by Gasteiger charge is -2.32. The third-order valence-electron chi connectivity index (χ3n) is 4.58. The summed E-state index contributed by atoms with van der Waals surface area (Å²) in [5.74, 6) is 2.49. The highest BCUT2D eigenvalue weighted by Crippen LogP contribution is 2.33. The molecular weight excluding hydrogens is 362 g/mol. The summed E-state index contributed by atoms with van der Waals surface area (Å²) >= 11 is 0. The molecule has 0 aliphatic carbocycles. The minimum atomic E-state index is -0.490. The average molecular weight is 389 g/mol. The van der Waals surface area contributed by atoms with Gasteiger partial charge in [0.1, 0.15) is 5.60 Å². The number of ether oxygens (including phenoxy) is 3. The Morgan fingerprint density at radius 2 is 1.82 bits per heavy atom. The Kier molecular flexibility index (Phi) is 5.76. The zero-order chi connectivity index (χ0) is 20.3. The first-order valence-electron chi connectivity index (χ1n) is 9.34. The number of piperidine rings is 1. The predicted octanol–water partition coefficient (Wildman–Crippen LogP) is 3.87. The number of likely N-dealkylation sites (tertiary alicyclic amines) is 1. The Hall–Kier alpha value is -2.77. The van der Waals surface area contributed by atoms with Crippen LogP contribution in [0.3, 0.4) is 0 Å². The lowest BCUT2D eigenvalue weighted by molar-refractivity contribution is 0.0203. The van der Waals surface area contributed by atoms with Crippen LogP contribution in [-0.2, 0) is 4.74 Å². The number of hydrogen-bond donors (Lipinski definition) is 0. The molecule has 1 fully saturated rings. The minimum absolute atomic E-state index is 0.149. The summed E-state index contributed by atoms with van der Waals surface area (Å²) < 4.78 is 21.5. The van der Waals surface area contributed by atoms with Crippen LogP contribution >= 0.6 is 0 Å². The monoisotopic (exact) mass is 389 g/mol. The third-order valence-corrected chi connectivity index (χ3v) is 4.58. The van der Waals surface area contributed by atoms with Crippen molar-refractivity contribution in [1.29, 1.82) is 0 Å². The fraction of sp³-hybridized carbons (Fsp3) is 0.550. The molecule has 1 aliphatic heterocycles. The van der Waals surface area contributed by atoms with E-state index in [1.54, 1.807) is 31.3 Å². The summed E-state index contributed by atoms with van der Waals surface area (Å²) in [6, 6.07) is 5.46. The molecule has 0 radical (unpaired) electrons. The van der Waals surface area contributed by atoms with Crippen LogP contribution in [0.5, 0.6) is 11.5 Å². The first-order valence-corrected chi connectivity index (χ1v) is 9.34. The third kappa shape index (κ3) is 4.55. The molecule has 1 saturated heterocycles. The molecule has 0 atom stereocenters. The number of amides is 1.